The number of nitrogens with zero attached hydrogens (tertiary/aromatic N) is 5. The minimum Gasteiger partial charge on any atom is -0.465 e. The first kappa shape index (κ1) is 40.1. The number of aromatic nitrogens is 3. The molecule has 0 aliphatic carbocycles. The molecule has 4 heterocycles. The largest absolute Gasteiger partial charge is 0.465 e. The fourth-order valence-electron chi connectivity index (χ4n) is 7.99. The van der Waals surface area contributed by atoms with Gasteiger partial charge in [0.1, 0.15) is 0 Å². The predicted octanol–water partition coefficient (Wildman–Crippen LogP) is 5.39. The third-order valence-electron chi connectivity index (χ3n) is 11.0. The molecule has 2 amide bonds. The smallest absolute Gasteiger partial charge is 0.418 e. The van der Waals surface area contributed by atoms with Gasteiger partial charge in [-0.1, -0.05) is 41.9 Å². The number of anilines is 1. The van der Waals surface area contributed by atoms with Crippen molar-refractivity contribution in [1.29, 1.82) is 0 Å². The topological polar surface area (TPSA) is 156 Å². The molecule has 3 aliphatic heterocycles. The lowest BCUT2D eigenvalue weighted by Crippen LogP contribution is -2.49. The van der Waals surface area contributed by atoms with E-state index in [0.717, 1.165) is 50.4 Å². The summed E-state index contributed by atoms with van der Waals surface area (Å²) in [5.41, 5.74) is 4.35. The Morgan fingerprint density at radius 2 is 1.56 bits per heavy atom. The van der Waals surface area contributed by atoms with Crippen LogP contribution in [0.4, 0.5) is 23.7 Å². The number of H-pyrrole nitrogens is 1. The lowest BCUT2D eigenvalue weighted by Gasteiger charge is -2.40. The van der Waals surface area contributed by atoms with Crippen LogP contribution in [0.15, 0.2) is 47.3 Å². The molecule has 55 heavy (non-hydrogen) atoms. The number of hydrogen-bond acceptors (Lipinski definition) is 9. The molecule has 3 aromatic rings. The highest BCUT2D eigenvalue weighted by Gasteiger charge is 2.38. The van der Waals surface area contributed by atoms with Crippen LogP contribution in [0.25, 0.3) is 11.4 Å². The summed E-state index contributed by atoms with van der Waals surface area (Å²) in [4.78, 5) is 60.3. The monoisotopic (exact) mass is 789 g/mol. The molecule has 3 N–H and O–H groups in total. The van der Waals surface area contributed by atoms with Crippen molar-refractivity contribution in [3.8, 4) is 11.4 Å². The maximum Gasteiger partial charge on any atom is 0.418 e. The van der Waals surface area contributed by atoms with Crippen molar-refractivity contribution in [2.75, 3.05) is 58.2 Å². The number of carbonyl (C=O) groups is 3. The maximum absolute atomic E-state index is 14.1. The predicted molar refractivity (Wildman–Crippen MR) is 198 cm³/mol. The first-order valence-electron chi connectivity index (χ1n) is 18.8. The number of nitrogen functional groups attached to an aromatic ring is 1. The quantitative estimate of drug-likeness (QED) is 0.203. The molecule has 0 bridgehead atoms. The van der Waals surface area contributed by atoms with Crippen molar-refractivity contribution in [3.05, 3.63) is 69.1 Å². The van der Waals surface area contributed by atoms with E-state index in [1.807, 2.05) is 30.3 Å². The Bertz CT molecular complexity index is 1870. The van der Waals surface area contributed by atoms with Gasteiger partial charge < -0.3 is 25.0 Å². The molecule has 0 saturated carbocycles. The summed E-state index contributed by atoms with van der Waals surface area (Å²) in [6.45, 7) is 5.21. The average Bonchev–Trinajstić information content (AvgIpc) is 3.57. The summed E-state index contributed by atoms with van der Waals surface area (Å²) in [7, 11) is 0. The number of aromatic amines is 1. The number of ether oxygens (including phenoxy) is 2. The number of halogens is 4. The highest BCUT2D eigenvalue weighted by Crippen LogP contribution is 2.38. The van der Waals surface area contributed by atoms with E-state index in [2.05, 4.69) is 15.0 Å². The summed E-state index contributed by atoms with van der Waals surface area (Å²) in [6.07, 6.45) is -3.23. The number of nitrogens with two attached hydrogens (primary N) is 1. The Kier molecular flexibility index (Phi) is 12.7. The third kappa shape index (κ3) is 9.82. The number of amides is 2. The van der Waals surface area contributed by atoms with E-state index >= 15 is 0 Å². The Hall–Kier alpha value is -4.57. The highest BCUT2D eigenvalue weighted by molar-refractivity contribution is 6.33. The Morgan fingerprint density at radius 1 is 0.945 bits per heavy atom. The summed E-state index contributed by atoms with van der Waals surface area (Å²) < 4.78 is 53.9. The third-order valence-corrected chi connectivity index (χ3v) is 11.3. The van der Waals surface area contributed by atoms with Gasteiger partial charge in [0.05, 0.1) is 35.5 Å². The number of esters is 1. The van der Waals surface area contributed by atoms with Crippen molar-refractivity contribution >= 4 is 35.3 Å². The summed E-state index contributed by atoms with van der Waals surface area (Å²) in [5, 5.41) is 4.16. The SMILES string of the molecule is CCOC(=O)CN1CCC(C2CCN(C(=O)C(Cc3cc(Cl)c(N)c(C(F)(F)F)c3)OC(=O)N3CCC(n4nc(-c5ccccc5)[nH]c4=O)CC3)CC2)CC1. The molecular formula is C38H47ClF3N7O6. The summed E-state index contributed by atoms with van der Waals surface area (Å²) >= 11 is 6.12. The average molecular weight is 790 g/mol. The molecule has 6 rings (SSSR count). The van der Waals surface area contributed by atoms with Crippen molar-refractivity contribution < 1.29 is 37.0 Å². The van der Waals surface area contributed by atoms with Gasteiger partial charge in [-0.3, -0.25) is 19.5 Å². The van der Waals surface area contributed by atoms with Crippen molar-refractivity contribution in [2.45, 2.75) is 70.2 Å². The second kappa shape index (κ2) is 17.5. The first-order chi connectivity index (χ1) is 26.3. The Labute approximate surface area is 321 Å². The number of alkyl halides is 3. The van der Waals surface area contributed by atoms with Gasteiger partial charge in [0.15, 0.2) is 11.9 Å². The van der Waals surface area contributed by atoms with Crippen LogP contribution in [0.2, 0.25) is 5.02 Å². The van der Waals surface area contributed by atoms with Crippen LogP contribution in [-0.2, 0) is 31.7 Å². The van der Waals surface area contributed by atoms with E-state index in [0.29, 0.717) is 50.2 Å². The van der Waals surface area contributed by atoms with Gasteiger partial charge >= 0.3 is 23.9 Å². The Balaban J connectivity index is 1.10. The molecule has 3 aliphatic rings. The van der Waals surface area contributed by atoms with E-state index in [1.54, 1.807) is 11.8 Å². The van der Waals surface area contributed by atoms with Gasteiger partial charge in [-0.15, -0.1) is 5.10 Å². The Morgan fingerprint density at radius 3 is 2.18 bits per heavy atom. The van der Waals surface area contributed by atoms with Crippen molar-refractivity contribution in [3.63, 3.8) is 0 Å². The highest BCUT2D eigenvalue weighted by atomic mass is 35.5. The molecule has 1 atom stereocenters. The standard InChI is InChI=1S/C38H47ClF3N7O6/c1-2-54-32(50)23-46-14-8-25(9-15-46)26-10-16-47(17-11-26)35(51)31(22-24-20-29(38(40,41)42)33(43)30(39)21-24)55-37(53)48-18-12-28(13-19-48)49-36(52)44-34(45-49)27-6-4-3-5-7-27/h3-7,20-21,25-26,28,31H,2,8-19,22-23,43H2,1H3,(H,44,45,52). The van der Waals surface area contributed by atoms with Crippen LogP contribution < -0.4 is 11.4 Å². The zero-order chi connectivity index (χ0) is 39.3. The van der Waals surface area contributed by atoms with Crippen LogP contribution in [0.1, 0.15) is 62.6 Å². The normalized spacial score (nSPS) is 18.6. The molecule has 298 valence electrons. The molecule has 3 fully saturated rings. The lowest BCUT2D eigenvalue weighted by atomic mass is 9.78. The number of rotatable bonds is 10. The number of likely N-dealkylation sites (tertiary alicyclic amines) is 3. The molecule has 2 aromatic carbocycles. The van der Waals surface area contributed by atoms with E-state index in [1.165, 1.54) is 15.6 Å². The van der Waals surface area contributed by atoms with Gasteiger partial charge in [0.25, 0.3) is 5.91 Å². The van der Waals surface area contributed by atoms with E-state index < -0.39 is 35.5 Å². The molecule has 0 spiro atoms. The van der Waals surface area contributed by atoms with Crippen LogP contribution in [-0.4, -0.2) is 106 Å². The van der Waals surface area contributed by atoms with Gasteiger partial charge in [0, 0.05) is 38.2 Å². The van der Waals surface area contributed by atoms with E-state index in [-0.39, 0.29) is 54.3 Å². The van der Waals surface area contributed by atoms with Gasteiger partial charge in [-0.05, 0) is 88.1 Å². The molecule has 3 saturated heterocycles. The second-order valence-electron chi connectivity index (χ2n) is 14.5. The minimum atomic E-state index is -4.79. The van der Waals surface area contributed by atoms with Gasteiger partial charge in [0.2, 0.25) is 0 Å². The first-order valence-corrected chi connectivity index (χ1v) is 19.2. The van der Waals surface area contributed by atoms with Crippen LogP contribution in [0.5, 0.6) is 0 Å². The van der Waals surface area contributed by atoms with E-state index in [4.69, 9.17) is 26.8 Å². The maximum atomic E-state index is 14.1. The fourth-order valence-corrected chi connectivity index (χ4v) is 8.23. The van der Waals surface area contributed by atoms with Gasteiger partial charge in [-0.25, -0.2) is 14.3 Å². The lowest BCUT2D eigenvalue weighted by molar-refractivity contribution is -0.144. The fraction of sp³-hybridized carbons (Fsp3) is 0.553. The second-order valence-corrected chi connectivity index (χ2v) is 14.9. The molecule has 17 heteroatoms. The minimum absolute atomic E-state index is 0.0491. The van der Waals surface area contributed by atoms with Crippen molar-refractivity contribution in [2.24, 2.45) is 11.8 Å². The zero-order valence-electron chi connectivity index (χ0n) is 30.7. The molecule has 13 nitrogen and oxygen atoms in total. The zero-order valence-corrected chi connectivity index (χ0v) is 31.5. The molecule has 0 radical (unpaired) electrons. The summed E-state index contributed by atoms with van der Waals surface area (Å²) in [5.74, 6) is 0.515. The number of nitrogens with one attached hydrogen (secondary N) is 1. The number of hydrogen-bond donors (Lipinski definition) is 2. The molecule has 1 aromatic heterocycles. The summed E-state index contributed by atoms with van der Waals surface area (Å²) in [6, 6.07) is 11.0. The van der Waals surface area contributed by atoms with Crippen molar-refractivity contribution in [1.82, 2.24) is 29.5 Å². The van der Waals surface area contributed by atoms with Crippen LogP contribution in [0, 0.1) is 11.8 Å². The number of benzene rings is 2. The van der Waals surface area contributed by atoms with E-state index in [9.17, 15) is 32.3 Å². The number of carbonyl (C=O) groups excluding carboxylic acids is 3. The number of piperidine rings is 3. The molecule has 1 unspecified atom stereocenters. The van der Waals surface area contributed by atoms with Crippen LogP contribution in [0.3, 0.4) is 0 Å². The molecular weight excluding hydrogens is 743 g/mol. The van der Waals surface area contributed by atoms with Crippen LogP contribution >= 0.6 is 11.6 Å². The van der Waals surface area contributed by atoms with Gasteiger partial charge in [-0.2, -0.15) is 13.2 Å².